The van der Waals surface area contributed by atoms with Crippen LogP contribution in [0.1, 0.15) is 28.3 Å². The van der Waals surface area contributed by atoms with Crippen LogP contribution in [0.15, 0.2) is 85.2 Å². The number of likely N-dealkylation sites (tertiary alicyclic amines) is 1. The number of anilines is 1. The fraction of sp³-hybridized carbons (Fsp3) is 0.265. The molecule has 0 radical (unpaired) electrons. The van der Waals surface area contributed by atoms with E-state index in [0.717, 1.165) is 53.5 Å². The van der Waals surface area contributed by atoms with Crippen molar-refractivity contribution in [3.8, 4) is 45.9 Å². The number of rotatable bonds is 6. The first-order valence-electron chi connectivity index (χ1n) is 16.0. The number of ether oxygens (including phenoxy) is 1. The molecule has 0 aliphatic carbocycles. The molecule has 2 aliphatic heterocycles. The fourth-order valence-corrected chi connectivity index (χ4v) is 5.96. The van der Waals surface area contributed by atoms with Crippen LogP contribution in [0.2, 0.25) is 0 Å². The third-order valence-electron chi connectivity index (χ3n) is 8.12. The van der Waals surface area contributed by atoms with Gasteiger partial charge in [-0.15, -0.1) is 0 Å². The van der Waals surface area contributed by atoms with E-state index in [-0.39, 0.29) is 17.7 Å². The number of aromatic nitrogens is 5. The van der Waals surface area contributed by atoms with Gasteiger partial charge in [0.2, 0.25) is 11.7 Å². The normalized spacial score (nSPS) is 16.4. The highest BCUT2D eigenvalue weighted by Gasteiger charge is 2.26. The van der Waals surface area contributed by atoms with E-state index in [1.54, 1.807) is 12.3 Å². The minimum Gasteiger partial charge on any atom is -0.475 e. The highest BCUT2D eigenvalue weighted by molar-refractivity contribution is 5.83. The van der Waals surface area contributed by atoms with E-state index >= 15 is 0 Å². The Balaban J connectivity index is 1.10. The zero-order valence-electron chi connectivity index (χ0n) is 26.6. The summed E-state index contributed by atoms with van der Waals surface area (Å²) in [6, 6.07) is 26.1. The van der Waals surface area contributed by atoms with E-state index < -0.39 is 6.98 Å². The van der Waals surface area contributed by atoms with Gasteiger partial charge in [0.15, 0.2) is 0 Å². The molecule has 9 heteroatoms. The van der Waals surface area contributed by atoms with Crippen molar-refractivity contribution in [3.63, 3.8) is 0 Å². The van der Waals surface area contributed by atoms with Crippen LogP contribution >= 0.6 is 0 Å². The molecule has 214 valence electrons. The SMILES string of the molecule is [2H]C([2H])([2H])N(c1ccnc(C#N)n1)C1CCN(Cc2ccc(-c3nc4n(c3-c3ccccc3)CCOc3ncccc3-4)cc2)CC1. The number of piperidine rings is 1. The van der Waals surface area contributed by atoms with Crippen molar-refractivity contribution >= 4 is 5.82 Å². The molecule has 1 saturated heterocycles. The van der Waals surface area contributed by atoms with Crippen molar-refractivity contribution in [2.45, 2.75) is 32.0 Å². The average molecular weight is 572 g/mol. The van der Waals surface area contributed by atoms with Gasteiger partial charge < -0.3 is 14.2 Å². The Bertz CT molecular complexity index is 1880. The lowest BCUT2D eigenvalue weighted by atomic mass is 10.0. The molecule has 1 fully saturated rings. The molecule has 2 aromatic carbocycles. The molecule has 0 N–H and O–H groups in total. The van der Waals surface area contributed by atoms with E-state index in [1.807, 2.05) is 36.4 Å². The molecule has 7 rings (SSSR count). The lowest BCUT2D eigenvalue weighted by molar-refractivity contribution is 0.203. The van der Waals surface area contributed by atoms with Crippen LogP contribution in [0.5, 0.6) is 5.88 Å². The van der Waals surface area contributed by atoms with Gasteiger partial charge in [-0.1, -0.05) is 54.6 Å². The van der Waals surface area contributed by atoms with Crippen molar-refractivity contribution in [3.05, 3.63) is 96.6 Å². The molecule has 43 heavy (non-hydrogen) atoms. The Hall–Kier alpha value is -5.07. The summed E-state index contributed by atoms with van der Waals surface area (Å²) in [4.78, 5) is 21.4. The van der Waals surface area contributed by atoms with Crippen LogP contribution in [-0.2, 0) is 13.1 Å². The maximum atomic E-state index is 9.21. The maximum Gasteiger partial charge on any atom is 0.234 e. The smallest absolute Gasteiger partial charge is 0.234 e. The van der Waals surface area contributed by atoms with Gasteiger partial charge in [0, 0.05) is 60.3 Å². The first-order chi connectivity index (χ1) is 22.4. The number of hydrogen-bond acceptors (Lipinski definition) is 8. The number of hydrogen-bond donors (Lipinski definition) is 0. The first-order valence-corrected chi connectivity index (χ1v) is 14.5. The van der Waals surface area contributed by atoms with Gasteiger partial charge in [0.25, 0.3) is 0 Å². The van der Waals surface area contributed by atoms with E-state index in [2.05, 4.69) is 60.8 Å². The number of pyridine rings is 1. The summed E-state index contributed by atoms with van der Waals surface area (Å²) >= 11 is 0. The zero-order valence-corrected chi connectivity index (χ0v) is 23.6. The third kappa shape index (κ3) is 5.33. The molecule has 5 heterocycles. The highest BCUT2D eigenvalue weighted by Crippen LogP contribution is 2.39. The van der Waals surface area contributed by atoms with E-state index in [9.17, 15) is 5.26 Å². The largest absolute Gasteiger partial charge is 0.475 e. The number of fused-ring (bicyclic) bond motifs is 3. The van der Waals surface area contributed by atoms with Gasteiger partial charge in [0.1, 0.15) is 24.3 Å². The predicted molar refractivity (Wildman–Crippen MR) is 165 cm³/mol. The summed E-state index contributed by atoms with van der Waals surface area (Å²) in [5, 5.41) is 9.21. The van der Waals surface area contributed by atoms with Gasteiger partial charge in [0.05, 0.1) is 23.5 Å². The first kappa shape index (κ1) is 23.5. The molecule has 3 aromatic heterocycles. The van der Waals surface area contributed by atoms with Crippen LogP contribution in [0, 0.1) is 11.3 Å². The minimum atomic E-state index is -2.38. The molecule has 0 spiro atoms. The van der Waals surface area contributed by atoms with Crippen molar-refractivity contribution in [2.24, 2.45) is 0 Å². The topological polar surface area (TPSA) is 96.0 Å². The Kier molecular flexibility index (Phi) is 6.37. The predicted octanol–water partition coefficient (Wildman–Crippen LogP) is 5.43. The number of benzene rings is 2. The van der Waals surface area contributed by atoms with E-state index in [1.165, 1.54) is 16.7 Å². The highest BCUT2D eigenvalue weighted by atomic mass is 16.5. The van der Waals surface area contributed by atoms with Crippen LogP contribution in [0.25, 0.3) is 33.9 Å². The number of nitriles is 1. The number of imidazole rings is 1. The molecule has 2 aliphatic rings. The van der Waals surface area contributed by atoms with Crippen molar-refractivity contribution in [1.29, 1.82) is 5.26 Å². The van der Waals surface area contributed by atoms with Crippen LogP contribution in [0.3, 0.4) is 0 Å². The molecule has 0 bridgehead atoms. The summed E-state index contributed by atoms with van der Waals surface area (Å²) in [6.45, 7) is 1.04. The molecule has 0 saturated carbocycles. The molecular weight excluding hydrogens is 536 g/mol. The summed E-state index contributed by atoms with van der Waals surface area (Å²) in [5.74, 6) is 1.67. The van der Waals surface area contributed by atoms with E-state index in [0.29, 0.717) is 31.9 Å². The van der Waals surface area contributed by atoms with Crippen molar-refractivity contribution < 1.29 is 8.85 Å². The van der Waals surface area contributed by atoms with Crippen LogP contribution in [0.4, 0.5) is 5.82 Å². The summed E-state index contributed by atoms with van der Waals surface area (Å²) in [6.07, 6.45) is 4.52. The summed E-state index contributed by atoms with van der Waals surface area (Å²) < 4.78 is 32.7. The molecule has 9 nitrogen and oxygen atoms in total. The van der Waals surface area contributed by atoms with Gasteiger partial charge in [-0.2, -0.15) is 5.26 Å². The second-order valence-electron chi connectivity index (χ2n) is 10.8. The van der Waals surface area contributed by atoms with Gasteiger partial charge >= 0.3 is 0 Å². The van der Waals surface area contributed by atoms with Gasteiger partial charge in [-0.25, -0.2) is 19.9 Å². The Morgan fingerprint density at radius 3 is 2.56 bits per heavy atom. The second-order valence-corrected chi connectivity index (χ2v) is 10.8. The van der Waals surface area contributed by atoms with E-state index in [4.69, 9.17) is 13.8 Å². The summed E-state index contributed by atoms with van der Waals surface area (Å²) in [5.41, 5.74) is 6.14. The molecule has 0 amide bonds. The fourth-order valence-electron chi connectivity index (χ4n) is 5.96. The molecule has 0 unspecified atom stereocenters. The number of nitrogens with zero attached hydrogens (tertiary/aromatic N) is 8. The average Bonchev–Trinajstić information content (AvgIpc) is 3.35. The lowest BCUT2D eigenvalue weighted by Gasteiger charge is -2.37. The minimum absolute atomic E-state index is 0.0365. The monoisotopic (exact) mass is 571 g/mol. The standard InChI is InChI=1S/C34H32N8O/c1-40(30-13-17-36-29(22-35)38-30)27-14-18-41(19-15-27)23-24-9-11-25(12-10-24)31-32(26-6-3-2-4-7-26)42-20-21-43-34-28(33(42)39-31)8-5-16-37-34/h2-13,16-17,27H,14-15,18-21,23H2,1H3/i1D3. The van der Waals surface area contributed by atoms with Gasteiger partial charge in [-0.3, -0.25) is 4.90 Å². The van der Waals surface area contributed by atoms with Crippen LogP contribution < -0.4 is 9.64 Å². The zero-order chi connectivity index (χ0) is 31.7. The van der Waals surface area contributed by atoms with Crippen molar-refractivity contribution in [1.82, 2.24) is 29.4 Å². The van der Waals surface area contributed by atoms with Crippen molar-refractivity contribution in [2.75, 3.05) is 31.6 Å². The molecular formula is C34H32N8O. The van der Waals surface area contributed by atoms with Gasteiger partial charge in [-0.05, 0) is 36.6 Å². The maximum absolute atomic E-state index is 9.21. The quantitative estimate of drug-likeness (QED) is 0.266. The second kappa shape index (κ2) is 11.7. The third-order valence-corrected chi connectivity index (χ3v) is 8.12. The Morgan fingerprint density at radius 2 is 1.77 bits per heavy atom. The molecule has 0 atom stereocenters. The summed E-state index contributed by atoms with van der Waals surface area (Å²) in [7, 11) is 0. The Morgan fingerprint density at radius 1 is 0.930 bits per heavy atom. The Labute approximate surface area is 255 Å². The molecule has 5 aromatic rings. The van der Waals surface area contributed by atoms with Crippen LogP contribution in [-0.4, -0.2) is 62.1 Å². The lowest BCUT2D eigenvalue weighted by Crippen LogP contribution is -2.43.